The number of halogens is 1. The molecule has 2 unspecified atom stereocenters. The second-order valence-electron chi connectivity index (χ2n) is 7.57. The lowest BCUT2D eigenvalue weighted by molar-refractivity contribution is -0.130. The van der Waals surface area contributed by atoms with Gasteiger partial charge in [-0.2, -0.15) is 0 Å². The van der Waals surface area contributed by atoms with Crippen LogP contribution in [-0.4, -0.2) is 54.9 Å². The number of carbonyl (C=O) groups excluding carboxylic acids is 1. The number of nitrogens with one attached hydrogen (secondary N) is 1. The molecule has 1 aromatic carbocycles. The average molecular weight is 486 g/mol. The molecule has 0 bridgehead atoms. The molecule has 1 fully saturated rings. The summed E-state index contributed by atoms with van der Waals surface area (Å²) >= 11 is 0. The number of hydrogen-bond donors (Lipinski definition) is 1. The Hall–Kier alpha value is -1.31. The number of nitrogens with zero attached hydrogens (tertiary/aromatic N) is 3. The standard InChI is InChI=1S/C21H34N4O.HI/c1-5-22-21(25-14-17(2)13-18(3)15-25)23-12-11-20(26)24(4)16-19-9-7-6-8-10-19;/h6-10,17-18H,5,11-16H2,1-4H3,(H,22,23);1H. The molecule has 27 heavy (non-hydrogen) atoms. The van der Waals surface area contributed by atoms with Gasteiger partial charge in [0.05, 0.1) is 6.54 Å². The number of piperidine rings is 1. The number of benzene rings is 1. The average Bonchev–Trinajstić information content (AvgIpc) is 2.60. The largest absolute Gasteiger partial charge is 0.357 e. The van der Waals surface area contributed by atoms with Crippen molar-refractivity contribution in [1.82, 2.24) is 15.1 Å². The zero-order valence-corrected chi connectivity index (χ0v) is 19.5. The van der Waals surface area contributed by atoms with Gasteiger partial charge in [-0.25, -0.2) is 0 Å². The van der Waals surface area contributed by atoms with Crippen LogP contribution < -0.4 is 5.32 Å². The van der Waals surface area contributed by atoms with Crippen LogP contribution in [0.2, 0.25) is 0 Å². The van der Waals surface area contributed by atoms with Gasteiger partial charge < -0.3 is 15.1 Å². The van der Waals surface area contributed by atoms with Crippen LogP contribution >= 0.6 is 24.0 Å². The summed E-state index contributed by atoms with van der Waals surface area (Å²) in [4.78, 5) is 21.2. The zero-order chi connectivity index (χ0) is 18.9. The molecular formula is C21H35IN4O. The highest BCUT2D eigenvalue weighted by Gasteiger charge is 2.24. The molecule has 0 radical (unpaired) electrons. The Morgan fingerprint density at radius 2 is 1.85 bits per heavy atom. The van der Waals surface area contributed by atoms with Crippen molar-refractivity contribution < 1.29 is 4.79 Å². The highest BCUT2D eigenvalue weighted by atomic mass is 127. The zero-order valence-electron chi connectivity index (χ0n) is 17.1. The quantitative estimate of drug-likeness (QED) is 0.380. The van der Waals surface area contributed by atoms with Crippen molar-refractivity contribution in [1.29, 1.82) is 0 Å². The maximum atomic E-state index is 12.4. The van der Waals surface area contributed by atoms with Gasteiger partial charge in [0.25, 0.3) is 0 Å². The summed E-state index contributed by atoms with van der Waals surface area (Å²) < 4.78 is 0. The molecular weight excluding hydrogens is 451 g/mol. The third-order valence-electron chi connectivity index (χ3n) is 4.78. The summed E-state index contributed by atoms with van der Waals surface area (Å²) in [5.74, 6) is 2.45. The number of aliphatic imine (C=N–C) groups is 1. The summed E-state index contributed by atoms with van der Waals surface area (Å²) in [6.07, 6.45) is 1.72. The summed E-state index contributed by atoms with van der Waals surface area (Å²) in [5, 5.41) is 3.39. The molecule has 6 heteroatoms. The Morgan fingerprint density at radius 3 is 2.44 bits per heavy atom. The van der Waals surface area contributed by atoms with Crippen LogP contribution in [0.25, 0.3) is 0 Å². The highest BCUT2D eigenvalue weighted by Crippen LogP contribution is 2.20. The Kier molecular flexibility index (Phi) is 10.7. The third-order valence-corrected chi connectivity index (χ3v) is 4.78. The molecule has 152 valence electrons. The van der Waals surface area contributed by atoms with E-state index in [9.17, 15) is 4.79 Å². The Morgan fingerprint density at radius 1 is 1.22 bits per heavy atom. The van der Waals surface area contributed by atoms with Gasteiger partial charge in [0, 0.05) is 39.6 Å². The molecule has 1 amide bonds. The first-order valence-corrected chi connectivity index (χ1v) is 9.80. The van der Waals surface area contributed by atoms with E-state index in [0.29, 0.717) is 31.3 Å². The highest BCUT2D eigenvalue weighted by molar-refractivity contribution is 14.0. The lowest BCUT2D eigenvalue weighted by Gasteiger charge is -2.37. The number of rotatable bonds is 6. The molecule has 1 N–H and O–H groups in total. The first-order chi connectivity index (χ1) is 12.5. The number of amides is 1. The van der Waals surface area contributed by atoms with E-state index in [2.05, 4.69) is 31.0 Å². The van der Waals surface area contributed by atoms with Gasteiger partial charge in [-0.05, 0) is 30.7 Å². The predicted octanol–water partition coefficient (Wildman–Crippen LogP) is 3.60. The second kappa shape index (κ2) is 12.2. The number of likely N-dealkylation sites (tertiary alicyclic amines) is 1. The molecule has 1 aliphatic heterocycles. The fraction of sp³-hybridized carbons (Fsp3) is 0.619. The predicted molar refractivity (Wildman–Crippen MR) is 123 cm³/mol. The molecule has 0 aromatic heterocycles. The first kappa shape index (κ1) is 23.7. The van der Waals surface area contributed by atoms with Crippen LogP contribution in [0.4, 0.5) is 0 Å². The van der Waals surface area contributed by atoms with Gasteiger partial charge in [-0.1, -0.05) is 44.2 Å². The van der Waals surface area contributed by atoms with Gasteiger partial charge in [-0.3, -0.25) is 9.79 Å². The maximum absolute atomic E-state index is 12.4. The lowest BCUT2D eigenvalue weighted by Crippen LogP contribution is -2.48. The summed E-state index contributed by atoms with van der Waals surface area (Å²) in [6, 6.07) is 10.1. The van der Waals surface area contributed by atoms with E-state index < -0.39 is 0 Å². The van der Waals surface area contributed by atoms with Crippen LogP contribution in [0.15, 0.2) is 35.3 Å². The van der Waals surface area contributed by atoms with Crippen LogP contribution in [0.1, 0.15) is 39.2 Å². The molecule has 0 spiro atoms. The van der Waals surface area contributed by atoms with E-state index in [1.54, 1.807) is 4.90 Å². The van der Waals surface area contributed by atoms with E-state index in [1.165, 1.54) is 6.42 Å². The summed E-state index contributed by atoms with van der Waals surface area (Å²) in [5.41, 5.74) is 1.15. The number of guanidine groups is 1. The summed E-state index contributed by atoms with van der Waals surface area (Å²) in [7, 11) is 1.86. The molecule has 1 heterocycles. The van der Waals surface area contributed by atoms with Crippen LogP contribution in [0.5, 0.6) is 0 Å². The normalized spacial score (nSPS) is 20.0. The number of hydrogen-bond acceptors (Lipinski definition) is 2. The molecule has 1 aromatic rings. The Labute approximate surface area is 181 Å². The fourth-order valence-electron chi connectivity index (χ4n) is 3.66. The van der Waals surface area contributed by atoms with E-state index in [0.717, 1.165) is 31.2 Å². The van der Waals surface area contributed by atoms with Crippen molar-refractivity contribution in [2.45, 2.75) is 40.2 Å². The van der Waals surface area contributed by atoms with Crippen LogP contribution in [0.3, 0.4) is 0 Å². The smallest absolute Gasteiger partial charge is 0.224 e. The van der Waals surface area contributed by atoms with Crippen molar-refractivity contribution in [2.24, 2.45) is 16.8 Å². The minimum atomic E-state index is 0. The summed E-state index contributed by atoms with van der Waals surface area (Å²) in [6.45, 7) is 10.8. The van der Waals surface area contributed by atoms with Crippen molar-refractivity contribution in [2.75, 3.05) is 33.2 Å². The van der Waals surface area contributed by atoms with Crippen LogP contribution in [0, 0.1) is 11.8 Å². The fourth-order valence-corrected chi connectivity index (χ4v) is 3.66. The van der Waals surface area contributed by atoms with E-state index in [-0.39, 0.29) is 29.9 Å². The van der Waals surface area contributed by atoms with Crippen molar-refractivity contribution in [3.63, 3.8) is 0 Å². The maximum Gasteiger partial charge on any atom is 0.224 e. The van der Waals surface area contributed by atoms with Crippen molar-refractivity contribution in [3.05, 3.63) is 35.9 Å². The SMILES string of the molecule is CCNC(=NCCC(=O)N(C)Cc1ccccc1)N1CC(C)CC(C)C1.I. The van der Waals surface area contributed by atoms with Gasteiger partial charge in [0.2, 0.25) is 5.91 Å². The van der Waals surface area contributed by atoms with E-state index in [1.807, 2.05) is 37.4 Å². The first-order valence-electron chi connectivity index (χ1n) is 9.80. The molecule has 1 aliphatic rings. The number of carbonyl (C=O) groups is 1. The molecule has 1 saturated heterocycles. The third kappa shape index (κ3) is 8.07. The van der Waals surface area contributed by atoms with Crippen molar-refractivity contribution in [3.8, 4) is 0 Å². The van der Waals surface area contributed by atoms with Crippen molar-refractivity contribution >= 4 is 35.8 Å². The second-order valence-corrected chi connectivity index (χ2v) is 7.57. The van der Waals surface area contributed by atoms with E-state index >= 15 is 0 Å². The lowest BCUT2D eigenvalue weighted by atomic mass is 9.92. The van der Waals surface area contributed by atoms with Gasteiger partial charge in [-0.15, -0.1) is 24.0 Å². The topological polar surface area (TPSA) is 47.9 Å². The monoisotopic (exact) mass is 486 g/mol. The molecule has 2 rings (SSSR count). The molecule has 0 aliphatic carbocycles. The Bertz CT molecular complexity index is 583. The molecule has 5 nitrogen and oxygen atoms in total. The molecule has 0 saturated carbocycles. The molecule has 2 atom stereocenters. The van der Waals surface area contributed by atoms with E-state index in [4.69, 9.17) is 4.99 Å². The Balaban J connectivity index is 0.00000364. The minimum Gasteiger partial charge on any atom is -0.357 e. The van der Waals surface area contributed by atoms with Gasteiger partial charge in [0.15, 0.2) is 5.96 Å². The van der Waals surface area contributed by atoms with Gasteiger partial charge >= 0.3 is 0 Å². The van der Waals surface area contributed by atoms with Crippen LogP contribution in [-0.2, 0) is 11.3 Å². The minimum absolute atomic E-state index is 0. The van der Waals surface area contributed by atoms with Gasteiger partial charge in [0.1, 0.15) is 0 Å².